The molecule has 0 aliphatic carbocycles. The Hall–Kier alpha value is -3.09. The normalized spacial score (nSPS) is 14.8. The van der Waals surface area contributed by atoms with Crippen LogP contribution in [0.1, 0.15) is 16.8 Å². The summed E-state index contributed by atoms with van der Waals surface area (Å²) in [4.78, 5) is 6.28. The average Bonchev–Trinajstić information content (AvgIpc) is 3.04. The second-order valence-corrected chi connectivity index (χ2v) is 9.67. The van der Waals surface area contributed by atoms with Crippen molar-refractivity contribution in [3.05, 3.63) is 95.7 Å². The lowest BCUT2D eigenvalue weighted by atomic mass is 10.1. The first-order chi connectivity index (χ1) is 15.1. The maximum Gasteiger partial charge on any atom is 0.261 e. The van der Waals surface area contributed by atoms with E-state index in [0.29, 0.717) is 5.69 Å². The monoisotopic (exact) mass is 431 g/mol. The van der Waals surface area contributed by atoms with Gasteiger partial charge >= 0.3 is 0 Å². The summed E-state index contributed by atoms with van der Waals surface area (Å²) in [6.07, 6.45) is 1.80. The maximum absolute atomic E-state index is 12.9. The molecule has 0 radical (unpaired) electrons. The largest absolute Gasteiger partial charge is 0.358 e. The van der Waals surface area contributed by atoms with Gasteiger partial charge in [-0.2, -0.15) is 0 Å². The van der Waals surface area contributed by atoms with Gasteiger partial charge in [0, 0.05) is 42.7 Å². The number of H-pyrrole nitrogens is 1. The molecule has 158 valence electrons. The SMILES string of the molecule is O=S(=O)(Nc1cccc2[nH]c3c(c12)CCN(Cc1ccccc1)CC3)c1ccccc1. The van der Waals surface area contributed by atoms with E-state index in [1.807, 2.05) is 30.3 Å². The van der Waals surface area contributed by atoms with Gasteiger partial charge in [-0.1, -0.05) is 54.6 Å². The van der Waals surface area contributed by atoms with Gasteiger partial charge in [-0.05, 0) is 41.8 Å². The summed E-state index contributed by atoms with van der Waals surface area (Å²) in [7, 11) is -3.64. The molecule has 1 aliphatic rings. The molecule has 5 nitrogen and oxygen atoms in total. The summed E-state index contributed by atoms with van der Waals surface area (Å²) >= 11 is 0. The highest BCUT2D eigenvalue weighted by Gasteiger charge is 2.22. The zero-order valence-electron chi connectivity index (χ0n) is 17.2. The second kappa shape index (κ2) is 8.21. The zero-order valence-corrected chi connectivity index (χ0v) is 18.0. The number of aromatic nitrogens is 1. The van der Waals surface area contributed by atoms with E-state index in [1.165, 1.54) is 16.8 Å². The maximum atomic E-state index is 12.9. The third kappa shape index (κ3) is 4.09. The fourth-order valence-corrected chi connectivity index (χ4v) is 5.49. The molecule has 4 aromatic rings. The molecular formula is C25H25N3O2S. The molecule has 0 spiro atoms. The highest BCUT2D eigenvalue weighted by Crippen LogP contribution is 2.33. The van der Waals surface area contributed by atoms with Crippen LogP contribution in [0.3, 0.4) is 0 Å². The van der Waals surface area contributed by atoms with Crippen LogP contribution in [0.5, 0.6) is 0 Å². The fraction of sp³-hybridized carbons (Fsp3) is 0.200. The lowest BCUT2D eigenvalue weighted by Gasteiger charge is -2.20. The van der Waals surface area contributed by atoms with Gasteiger partial charge in [0.2, 0.25) is 0 Å². The Morgan fingerprint density at radius 2 is 1.55 bits per heavy atom. The Balaban J connectivity index is 1.44. The standard InChI is InChI=1S/C25H25N3O2S/c29-31(30,20-10-5-2-6-11-20)27-24-13-7-12-23-25(24)21-14-16-28(17-15-22(21)26-23)18-19-8-3-1-4-9-19/h1-13,26-27H,14-18H2. The lowest BCUT2D eigenvalue weighted by molar-refractivity contribution is 0.279. The Morgan fingerprint density at radius 1 is 0.839 bits per heavy atom. The van der Waals surface area contributed by atoms with Crippen molar-refractivity contribution in [3.8, 4) is 0 Å². The molecule has 0 saturated heterocycles. The summed E-state index contributed by atoms with van der Waals surface area (Å²) in [6.45, 7) is 2.84. The second-order valence-electron chi connectivity index (χ2n) is 7.99. The van der Waals surface area contributed by atoms with E-state index >= 15 is 0 Å². The van der Waals surface area contributed by atoms with Crippen molar-refractivity contribution in [2.75, 3.05) is 17.8 Å². The number of rotatable bonds is 5. The molecule has 5 rings (SSSR count). The van der Waals surface area contributed by atoms with E-state index in [4.69, 9.17) is 0 Å². The topological polar surface area (TPSA) is 65.2 Å². The van der Waals surface area contributed by atoms with Crippen LogP contribution in [0.15, 0.2) is 83.8 Å². The van der Waals surface area contributed by atoms with E-state index in [1.54, 1.807) is 24.3 Å². The molecule has 0 bridgehead atoms. The number of sulfonamides is 1. The smallest absolute Gasteiger partial charge is 0.261 e. The third-order valence-corrected chi connectivity index (χ3v) is 7.30. The lowest BCUT2D eigenvalue weighted by Crippen LogP contribution is -2.26. The Kier molecular flexibility index (Phi) is 5.26. The van der Waals surface area contributed by atoms with Crippen LogP contribution in [0.4, 0.5) is 5.69 Å². The summed E-state index contributed by atoms with van der Waals surface area (Å²) in [5.41, 5.74) is 5.35. The van der Waals surface area contributed by atoms with Gasteiger partial charge in [0.15, 0.2) is 0 Å². The van der Waals surface area contributed by atoms with Gasteiger partial charge in [-0.15, -0.1) is 0 Å². The van der Waals surface area contributed by atoms with Crippen molar-refractivity contribution in [1.29, 1.82) is 0 Å². The summed E-state index contributed by atoms with van der Waals surface area (Å²) in [5, 5.41) is 0.985. The molecule has 0 unspecified atom stereocenters. The molecule has 31 heavy (non-hydrogen) atoms. The number of aromatic amines is 1. The molecule has 1 aliphatic heterocycles. The van der Waals surface area contributed by atoms with Gasteiger partial charge in [0.05, 0.1) is 10.6 Å². The first kappa shape index (κ1) is 19.8. The minimum Gasteiger partial charge on any atom is -0.358 e. The van der Waals surface area contributed by atoms with Crippen LogP contribution in [0, 0.1) is 0 Å². The van der Waals surface area contributed by atoms with Crippen LogP contribution >= 0.6 is 0 Å². The molecule has 0 fully saturated rings. The van der Waals surface area contributed by atoms with Gasteiger partial charge in [-0.25, -0.2) is 8.42 Å². The molecule has 0 atom stereocenters. The summed E-state index contributed by atoms with van der Waals surface area (Å²) in [6, 6.07) is 24.8. The first-order valence-electron chi connectivity index (χ1n) is 10.6. The minimum atomic E-state index is -3.64. The number of hydrogen-bond acceptors (Lipinski definition) is 3. The number of hydrogen-bond donors (Lipinski definition) is 2. The highest BCUT2D eigenvalue weighted by molar-refractivity contribution is 7.92. The van der Waals surface area contributed by atoms with Gasteiger partial charge < -0.3 is 4.98 Å². The Bertz CT molecular complexity index is 1300. The molecule has 2 heterocycles. The molecule has 2 N–H and O–H groups in total. The number of benzene rings is 3. The van der Waals surface area contributed by atoms with Gasteiger partial charge in [-0.3, -0.25) is 9.62 Å². The summed E-state index contributed by atoms with van der Waals surface area (Å²) < 4.78 is 28.7. The van der Waals surface area contributed by atoms with Crippen LogP contribution in [-0.4, -0.2) is 31.4 Å². The molecular weight excluding hydrogens is 406 g/mol. The van der Waals surface area contributed by atoms with Gasteiger partial charge in [0.1, 0.15) is 0 Å². The van der Waals surface area contributed by atoms with Crippen molar-refractivity contribution >= 4 is 26.6 Å². The molecule has 0 amide bonds. The number of fused-ring (bicyclic) bond motifs is 3. The van der Waals surface area contributed by atoms with Gasteiger partial charge in [0.25, 0.3) is 10.0 Å². The van der Waals surface area contributed by atoms with Crippen molar-refractivity contribution in [1.82, 2.24) is 9.88 Å². The van der Waals surface area contributed by atoms with Crippen LogP contribution in [0.25, 0.3) is 10.9 Å². The average molecular weight is 432 g/mol. The quantitative estimate of drug-likeness (QED) is 0.487. The van der Waals surface area contributed by atoms with Crippen molar-refractivity contribution in [3.63, 3.8) is 0 Å². The molecule has 6 heteroatoms. The highest BCUT2D eigenvalue weighted by atomic mass is 32.2. The zero-order chi connectivity index (χ0) is 21.3. The van der Waals surface area contributed by atoms with Crippen LogP contribution in [0.2, 0.25) is 0 Å². The number of nitrogens with zero attached hydrogens (tertiary/aromatic N) is 1. The molecule has 3 aromatic carbocycles. The Morgan fingerprint density at radius 3 is 2.32 bits per heavy atom. The van der Waals surface area contributed by atoms with E-state index in [9.17, 15) is 8.42 Å². The third-order valence-electron chi connectivity index (χ3n) is 5.92. The fourth-order valence-electron chi connectivity index (χ4n) is 4.40. The van der Waals surface area contributed by atoms with E-state index < -0.39 is 10.0 Å². The molecule has 1 aromatic heterocycles. The van der Waals surface area contributed by atoms with Crippen LogP contribution in [-0.2, 0) is 29.4 Å². The van der Waals surface area contributed by atoms with Crippen molar-refractivity contribution in [2.45, 2.75) is 24.3 Å². The number of nitrogens with one attached hydrogen (secondary N) is 2. The van der Waals surface area contributed by atoms with E-state index in [-0.39, 0.29) is 4.90 Å². The van der Waals surface area contributed by atoms with Crippen molar-refractivity contribution < 1.29 is 8.42 Å². The minimum absolute atomic E-state index is 0.266. The van der Waals surface area contributed by atoms with Crippen LogP contribution < -0.4 is 4.72 Å². The Labute approximate surface area is 182 Å². The predicted octanol–water partition coefficient (Wildman–Crippen LogP) is 4.57. The summed E-state index contributed by atoms with van der Waals surface area (Å²) in [5.74, 6) is 0. The number of anilines is 1. The van der Waals surface area contributed by atoms with E-state index in [0.717, 1.165) is 43.4 Å². The first-order valence-corrected chi connectivity index (χ1v) is 12.0. The van der Waals surface area contributed by atoms with E-state index in [2.05, 4.69) is 38.9 Å². The molecule has 0 saturated carbocycles. The van der Waals surface area contributed by atoms with Crippen molar-refractivity contribution in [2.24, 2.45) is 0 Å². The predicted molar refractivity (Wildman–Crippen MR) is 125 cm³/mol.